The van der Waals surface area contributed by atoms with E-state index in [1.165, 1.54) is 0 Å². The van der Waals surface area contributed by atoms with Crippen molar-refractivity contribution in [3.63, 3.8) is 0 Å². The van der Waals surface area contributed by atoms with Gasteiger partial charge in [0, 0.05) is 16.3 Å². The summed E-state index contributed by atoms with van der Waals surface area (Å²) in [6.07, 6.45) is 4.88. The molecule has 0 saturated heterocycles. The Morgan fingerprint density at radius 3 is 1.98 bits per heavy atom. The van der Waals surface area contributed by atoms with E-state index in [1.54, 1.807) is 53.7 Å². The zero-order valence-corrected chi connectivity index (χ0v) is 31.1. The van der Waals surface area contributed by atoms with E-state index in [2.05, 4.69) is 16.1 Å². The molecule has 6 rings (SSSR count). The predicted octanol–water partition coefficient (Wildman–Crippen LogP) is 7.87. The molecule has 2 unspecified atom stereocenters. The van der Waals surface area contributed by atoms with Crippen LogP contribution in [0.15, 0.2) is 72.8 Å². The summed E-state index contributed by atoms with van der Waals surface area (Å²) < 4.78 is 39.9. The van der Waals surface area contributed by atoms with Crippen LogP contribution in [0.25, 0.3) is 5.70 Å². The standard InChI is InChI=1S/C40H44ClN3O9/c1-46-31-14-10-24(30-23-33(53-44-30)26-20-36(48-3)38(50-5)37(21-26)49-4)18-35(31)52-17-9-7-6-8-16-51-32-15-11-25(19-34(32)47-2)39-42-29-13-12-27(41)22-28(29)40(45)43-39/h10-15,18-23,33,39,42,44H,6-9,16-17H2,1-5H3,(H,43,45). The van der Waals surface area contributed by atoms with E-state index in [-0.39, 0.29) is 12.0 Å². The van der Waals surface area contributed by atoms with E-state index in [1.807, 2.05) is 54.6 Å². The maximum absolute atomic E-state index is 12.7. The van der Waals surface area contributed by atoms with Crippen molar-refractivity contribution in [1.82, 2.24) is 10.8 Å². The Labute approximate surface area is 314 Å². The highest BCUT2D eigenvalue weighted by Crippen LogP contribution is 2.42. The molecule has 0 aromatic heterocycles. The molecular formula is C40H44ClN3O9. The van der Waals surface area contributed by atoms with Crippen LogP contribution in [-0.2, 0) is 4.84 Å². The Morgan fingerprint density at radius 1 is 0.642 bits per heavy atom. The molecular weight excluding hydrogens is 702 g/mol. The van der Waals surface area contributed by atoms with Gasteiger partial charge < -0.3 is 43.8 Å². The monoisotopic (exact) mass is 745 g/mol. The summed E-state index contributed by atoms with van der Waals surface area (Å²) >= 11 is 6.07. The highest BCUT2D eigenvalue weighted by molar-refractivity contribution is 6.31. The highest BCUT2D eigenvalue weighted by Gasteiger charge is 2.26. The molecule has 2 atom stereocenters. The van der Waals surface area contributed by atoms with E-state index >= 15 is 0 Å². The Kier molecular flexibility index (Phi) is 12.2. The number of halogens is 1. The second-order valence-electron chi connectivity index (χ2n) is 12.3. The van der Waals surface area contributed by atoms with Crippen LogP contribution in [0.1, 0.15) is 65.0 Å². The summed E-state index contributed by atoms with van der Waals surface area (Å²) in [4.78, 5) is 18.6. The van der Waals surface area contributed by atoms with Crippen LogP contribution in [0, 0.1) is 0 Å². The van der Waals surface area contributed by atoms with Gasteiger partial charge in [-0.2, -0.15) is 0 Å². The number of nitrogens with one attached hydrogen (secondary N) is 3. The molecule has 0 aliphatic carbocycles. The zero-order valence-electron chi connectivity index (χ0n) is 30.4. The first-order chi connectivity index (χ1) is 25.8. The van der Waals surface area contributed by atoms with Crippen molar-refractivity contribution < 1.29 is 42.8 Å². The minimum absolute atomic E-state index is 0.194. The molecule has 4 aromatic rings. The quantitative estimate of drug-likeness (QED) is 0.0914. The number of benzene rings is 4. The maximum atomic E-state index is 12.7. The van der Waals surface area contributed by atoms with Gasteiger partial charge in [-0.3, -0.25) is 15.1 Å². The van der Waals surface area contributed by atoms with Crippen molar-refractivity contribution in [3.05, 3.63) is 100 Å². The highest BCUT2D eigenvalue weighted by atomic mass is 35.5. The fourth-order valence-corrected chi connectivity index (χ4v) is 6.36. The SMILES string of the molecule is COc1cc(C2NC(=O)c3cc(Cl)ccc3N2)ccc1OCCCCCCOc1cc(C2=CC(c3cc(OC)c(OC)c(OC)c3)ON2)ccc1OC. The van der Waals surface area contributed by atoms with Gasteiger partial charge in [0.15, 0.2) is 34.5 Å². The van der Waals surface area contributed by atoms with Gasteiger partial charge in [0.1, 0.15) is 12.3 Å². The van der Waals surface area contributed by atoms with Crippen molar-refractivity contribution in [2.24, 2.45) is 0 Å². The lowest BCUT2D eigenvalue weighted by molar-refractivity contribution is 0.0508. The molecule has 280 valence electrons. The topological polar surface area (TPSA) is 127 Å². The van der Waals surface area contributed by atoms with Gasteiger partial charge in [-0.05, 0) is 104 Å². The molecule has 0 fully saturated rings. The lowest BCUT2D eigenvalue weighted by Gasteiger charge is -2.28. The summed E-state index contributed by atoms with van der Waals surface area (Å²) in [5.41, 5.74) is 7.65. The van der Waals surface area contributed by atoms with Crippen LogP contribution in [0.2, 0.25) is 5.02 Å². The lowest BCUT2D eigenvalue weighted by atomic mass is 10.0. The molecule has 2 aliphatic heterocycles. The summed E-state index contributed by atoms with van der Waals surface area (Å²) in [6, 6.07) is 20.4. The molecule has 1 amide bonds. The van der Waals surface area contributed by atoms with E-state index < -0.39 is 6.17 Å². The summed E-state index contributed by atoms with van der Waals surface area (Å²) in [5.74, 6) is 3.97. The van der Waals surface area contributed by atoms with Crippen molar-refractivity contribution in [2.75, 3.05) is 54.1 Å². The molecule has 12 nitrogen and oxygen atoms in total. The summed E-state index contributed by atoms with van der Waals surface area (Å²) in [6.45, 7) is 1.08. The Hall–Kier alpha value is -5.46. The number of hydroxylamine groups is 1. The molecule has 53 heavy (non-hydrogen) atoms. The first kappa shape index (κ1) is 37.3. The molecule has 13 heteroatoms. The normalized spacial score (nSPS) is 16.0. The fourth-order valence-electron chi connectivity index (χ4n) is 6.19. The third-order valence-electron chi connectivity index (χ3n) is 8.98. The van der Waals surface area contributed by atoms with Gasteiger partial charge in [0.25, 0.3) is 5.91 Å². The summed E-state index contributed by atoms with van der Waals surface area (Å²) in [5, 5.41) is 6.82. The van der Waals surface area contributed by atoms with Gasteiger partial charge in [-0.25, -0.2) is 0 Å². The van der Waals surface area contributed by atoms with E-state index in [0.29, 0.717) is 64.0 Å². The number of fused-ring (bicyclic) bond motifs is 1. The van der Waals surface area contributed by atoms with Gasteiger partial charge in [0.05, 0.1) is 60.0 Å². The number of carbonyl (C=O) groups is 1. The number of hydrogen-bond acceptors (Lipinski definition) is 11. The Morgan fingerprint density at radius 2 is 1.30 bits per heavy atom. The average molecular weight is 746 g/mol. The Balaban J connectivity index is 0.966. The minimum atomic E-state index is -0.415. The number of amides is 1. The predicted molar refractivity (Wildman–Crippen MR) is 202 cm³/mol. The molecule has 2 heterocycles. The first-order valence-electron chi connectivity index (χ1n) is 17.3. The second-order valence-corrected chi connectivity index (χ2v) is 12.7. The van der Waals surface area contributed by atoms with Gasteiger partial charge in [0.2, 0.25) is 5.75 Å². The third-order valence-corrected chi connectivity index (χ3v) is 9.22. The van der Waals surface area contributed by atoms with E-state index in [0.717, 1.165) is 53.8 Å². The van der Waals surface area contributed by atoms with Crippen LogP contribution in [0.5, 0.6) is 40.2 Å². The maximum Gasteiger partial charge on any atom is 0.255 e. The first-order valence-corrected chi connectivity index (χ1v) is 17.7. The van der Waals surface area contributed by atoms with Gasteiger partial charge >= 0.3 is 0 Å². The van der Waals surface area contributed by atoms with Crippen molar-refractivity contribution in [1.29, 1.82) is 0 Å². The zero-order chi connectivity index (χ0) is 37.3. The molecule has 0 radical (unpaired) electrons. The molecule has 0 spiro atoms. The third kappa shape index (κ3) is 8.61. The van der Waals surface area contributed by atoms with Crippen molar-refractivity contribution in [2.45, 2.75) is 38.0 Å². The smallest absolute Gasteiger partial charge is 0.255 e. The molecule has 3 N–H and O–H groups in total. The number of carbonyl (C=O) groups excluding carboxylic acids is 1. The number of methoxy groups -OCH3 is 5. The summed E-state index contributed by atoms with van der Waals surface area (Å²) in [7, 11) is 7.97. The molecule has 0 saturated carbocycles. The van der Waals surface area contributed by atoms with Crippen LogP contribution in [0.4, 0.5) is 5.69 Å². The van der Waals surface area contributed by atoms with Crippen molar-refractivity contribution in [3.8, 4) is 40.2 Å². The number of rotatable bonds is 17. The van der Waals surface area contributed by atoms with Gasteiger partial charge in [-0.15, -0.1) is 0 Å². The van der Waals surface area contributed by atoms with Crippen molar-refractivity contribution >= 4 is 28.9 Å². The van der Waals surface area contributed by atoms with Crippen LogP contribution in [-0.4, -0.2) is 54.7 Å². The largest absolute Gasteiger partial charge is 0.493 e. The Bertz CT molecular complexity index is 1930. The number of ether oxygens (including phenoxy) is 7. The molecule has 4 aromatic carbocycles. The number of unbranched alkanes of at least 4 members (excludes halogenated alkanes) is 3. The second kappa shape index (κ2) is 17.4. The van der Waals surface area contributed by atoms with Crippen LogP contribution < -0.4 is 49.3 Å². The lowest BCUT2D eigenvalue weighted by Crippen LogP contribution is -2.38. The number of anilines is 1. The van der Waals surface area contributed by atoms with Crippen LogP contribution >= 0.6 is 11.6 Å². The average Bonchev–Trinajstić information content (AvgIpc) is 3.69. The number of hydrogen-bond donors (Lipinski definition) is 3. The van der Waals surface area contributed by atoms with Crippen LogP contribution in [0.3, 0.4) is 0 Å². The molecule has 2 aliphatic rings. The minimum Gasteiger partial charge on any atom is -0.493 e. The van der Waals surface area contributed by atoms with E-state index in [9.17, 15) is 4.79 Å². The van der Waals surface area contributed by atoms with Gasteiger partial charge in [-0.1, -0.05) is 17.7 Å². The molecule has 0 bridgehead atoms. The fraction of sp³-hybridized carbons (Fsp3) is 0.325. The van der Waals surface area contributed by atoms with E-state index in [4.69, 9.17) is 49.6 Å².